The summed E-state index contributed by atoms with van der Waals surface area (Å²) in [6, 6.07) is 6.52. The number of H-pyrrole nitrogens is 1. The van der Waals surface area contributed by atoms with Crippen molar-refractivity contribution < 1.29 is 9.53 Å². The van der Waals surface area contributed by atoms with E-state index in [1.54, 1.807) is 0 Å². The van der Waals surface area contributed by atoms with Crippen LogP contribution in [0.2, 0.25) is 0 Å². The molecular formula is C24H36IN5O2. The number of fused-ring (bicyclic) bond motifs is 1. The number of ether oxygens (including phenoxy) is 1. The number of nitrogens with one attached hydrogen (secondary N) is 2. The molecule has 1 atom stereocenters. The first-order chi connectivity index (χ1) is 15.2. The number of aryl methyl sites for hydroxylation is 1. The Morgan fingerprint density at radius 3 is 2.66 bits per heavy atom. The van der Waals surface area contributed by atoms with Crippen LogP contribution in [0.4, 0.5) is 0 Å². The zero-order valence-corrected chi connectivity index (χ0v) is 21.6. The van der Waals surface area contributed by atoms with Crippen LogP contribution in [-0.2, 0) is 22.4 Å². The number of halogens is 1. The predicted molar refractivity (Wildman–Crippen MR) is 140 cm³/mol. The van der Waals surface area contributed by atoms with Crippen LogP contribution in [0.1, 0.15) is 37.8 Å². The average molecular weight is 553 g/mol. The minimum Gasteiger partial charge on any atom is -0.368 e. The molecule has 8 heteroatoms. The Kier molecular flexibility index (Phi) is 9.22. The Balaban J connectivity index is 0.00000289. The number of aliphatic imine (C=N–C) groups is 1. The van der Waals surface area contributed by atoms with Gasteiger partial charge >= 0.3 is 0 Å². The fourth-order valence-corrected chi connectivity index (χ4v) is 4.60. The molecule has 2 aliphatic rings. The van der Waals surface area contributed by atoms with E-state index in [1.165, 1.54) is 22.0 Å². The second-order valence-electron chi connectivity index (χ2n) is 8.31. The fourth-order valence-electron chi connectivity index (χ4n) is 4.60. The Bertz CT molecular complexity index is 914. The van der Waals surface area contributed by atoms with E-state index >= 15 is 0 Å². The summed E-state index contributed by atoms with van der Waals surface area (Å²) in [5.41, 5.74) is 3.93. The smallest absolute Gasteiger partial charge is 0.251 e. The minimum atomic E-state index is -0.224. The summed E-state index contributed by atoms with van der Waals surface area (Å²) in [6.07, 6.45) is 5.68. The van der Waals surface area contributed by atoms with Crippen molar-refractivity contribution in [1.29, 1.82) is 0 Å². The van der Waals surface area contributed by atoms with Crippen molar-refractivity contribution in [3.8, 4) is 0 Å². The first kappa shape index (κ1) is 24.8. The van der Waals surface area contributed by atoms with Crippen LogP contribution in [0.3, 0.4) is 0 Å². The number of hydrogen-bond donors (Lipinski definition) is 2. The molecule has 2 fully saturated rings. The van der Waals surface area contributed by atoms with Gasteiger partial charge in [-0.3, -0.25) is 9.79 Å². The summed E-state index contributed by atoms with van der Waals surface area (Å²) < 4.78 is 5.57. The highest BCUT2D eigenvalue weighted by Crippen LogP contribution is 2.22. The van der Waals surface area contributed by atoms with Gasteiger partial charge in [0.15, 0.2) is 5.96 Å². The highest BCUT2D eigenvalue weighted by atomic mass is 127. The topological polar surface area (TPSA) is 73.0 Å². The van der Waals surface area contributed by atoms with Crippen LogP contribution in [0.25, 0.3) is 10.9 Å². The van der Waals surface area contributed by atoms with Crippen molar-refractivity contribution in [3.63, 3.8) is 0 Å². The number of aromatic amines is 1. The number of benzene rings is 1. The number of hydrogen-bond acceptors (Lipinski definition) is 3. The van der Waals surface area contributed by atoms with E-state index in [9.17, 15) is 4.79 Å². The molecule has 3 heterocycles. The van der Waals surface area contributed by atoms with Crippen LogP contribution in [-0.4, -0.2) is 78.6 Å². The lowest BCUT2D eigenvalue weighted by Crippen LogP contribution is -2.55. The first-order valence-corrected chi connectivity index (χ1v) is 11.7. The van der Waals surface area contributed by atoms with E-state index in [-0.39, 0.29) is 36.0 Å². The number of para-hydroxylation sites is 1. The Hall–Kier alpha value is -1.81. The van der Waals surface area contributed by atoms with Crippen molar-refractivity contribution in [2.24, 2.45) is 4.99 Å². The quantitative estimate of drug-likeness (QED) is 0.328. The van der Waals surface area contributed by atoms with Crippen LogP contribution in [0, 0.1) is 0 Å². The van der Waals surface area contributed by atoms with Crippen molar-refractivity contribution >= 4 is 46.7 Å². The maximum Gasteiger partial charge on any atom is 0.251 e. The van der Waals surface area contributed by atoms with Gasteiger partial charge in [0.25, 0.3) is 5.91 Å². The van der Waals surface area contributed by atoms with Crippen molar-refractivity contribution in [3.05, 3.63) is 35.5 Å². The van der Waals surface area contributed by atoms with E-state index in [1.807, 2.05) is 4.90 Å². The molecule has 7 nitrogen and oxygen atoms in total. The Morgan fingerprint density at radius 1 is 1.19 bits per heavy atom. The Morgan fingerprint density at radius 2 is 1.97 bits per heavy atom. The minimum absolute atomic E-state index is 0. The summed E-state index contributed by atoms with van der Waals surface area (Å²) in [6.45, 7) is 9.63. The van der Waals surface area contributed by atoms with E-state index in [0.717, 1.165) is 70.9 Å². The molecule has 0 aliphatic carbocycles. The molecule has 32 heavy (non-hydrogen) atoms. The lowest BCUT2D eigenvalue weighted by Gasteiger charge is -2.37. The standard InChI is InChI=1S/C24H35N5O2.HI/c1-3-18-7-5-8-20-19(17-27-22(18)20)10-11-26-24(25-4-2)29-14-12-28(13-15-29)23(30)21-9-6-16-31-21;/h5,7-8,17,21,27H,3-4,6,9-16H2,1-2H3,(H,25,26);1H. The van der Waals surface area contributed by atoms with Gasteiger partial charge in [0, 0.05) is 63.0 Å². The number of guanidine groups is 1. The van der Waals surface area contributed by atoms with Gasteiger partial charge in [-0.15, -0.1) is 24.0 Å². The van der Waals surface area contributed by atoms with E-state index < -0.39 is 0 Å². The van der Waals surface area contributed by atoms with Crippen molar-refractivity contribution in [1.82, 2.24) is 20.1 Å². The highest BCUT2D eigenvalue weighted by molar-refractivity contribution is 14.0. The predicted octanol–water partition coefficient (Wildman–Crippen LogP) is 3.18. The summed E-state index contributed by atoms with van der Waals surface area (Å²) in [5, 5.41) is 4.73. The van der Waals surface area contributed by atoms with Gasteiger partial charge in [0.2, 0.25) is 0 Å². The molecule has 0 saturated carbocycles. The lowest BCUT2D eigenvalue weighted by atomic mass is 10.1. The number of rotatable bonds is 6. The van der Waals surface area contributed by atoms with Crippen molar-refractivity contribution in [2.75, 3.05) is 45.9 Å². The normalized spacial score (nSPS) is 19.3. The number of aromatic nitrogens is 1. The fraction of sp³-hybridized carbons (Fsp3) is 0.583. The molecule has 176 valence electrons. The molecular weight excluding hydrogens is 517 g/mol. The van der Waals surface area contributed by atoms with Crippen molar-refractivity contribution in [2.45, 2.75) is 45.6 Å². The van der Waals surface area contributed by atoms with Gasteiger partial charge in [0.05, 0.1) is 0 Å². The third kappa shape index (κ3) is 5.57. The van der Waals surface area contributed by atoms with E-state index in [2.05, 4.69) is 53.4 Å². The average Bonchev–Trinajstić information content (AvgIpc) is 3.48. The number of carbonyl (C=O) groups is 1. The third-order valence-corrected chi connectivity index (χ3v) is 6.34. The summed E-state index contributed by atoms with van der Waals surface area (Å²) in [5.74, 6) is 1.10. The lowest BCUT2D eigenvalue weighted by molar-refractivity contribution is -0.142. The molecule has 0 radical (unpaired) electrons. The van der Waals surface area contributed by atoms with E-state index in [0.29, 0.717) is 6.61 Å². The summed E-state index contributed by atoms with van der Waals surface area (Å²) in [4.78, 5) is 25.2. The first-order valence-electron chi connectivity index (χ1n) is 11.7. The van der Waals surface area contributed by atoms with Gasteiger partial charge in [-0.1, -0.05) is 25.1 Å². The number of carbonyl (C=O) groups excluding carboxylic acids is 1. The van der Waals surface area contributed by atoms with Crippen LogP contribution < -0.4 is 5.32 Å². The van der Waals surface area contributed by atoms with Gasteiger partial charge in [-0.05, 0) is 43.7 Å². The van der Waals surface area contributed by atoms with Gasteiger partial charge in [0.1, 0.15) is 6.10 Å². The molecule has 2 N–H and O–H groups in total. The van der Waals surface area contributed by atoms with E-state index in [4.69, 9.17) is 9.73 Å². The summed E-state index contributed by atoms with van der Waals surface area (Å²) >= 11 is 0. The maximum atomic E-state index is 12.6. The summed E-state index contributed by atoms with van der Waals surface area (Å²) in [7, 11) is 0. The molecule has 4 rings (SSSR count). The number of amides is 1. The molecule has 2 aromatic rings. The molecule has 2 aliphatic heterocycles. The second kappa shape index (κ2) is 11.9. The third-order valence-electron chi connectivity index (χ3n) is 6.34. The molecule has 0 bridgehead atoms. The molecule has 1 unspecified atom stereocenters. The van der Waals surface area contributed by atoms with Gasteiger partial charge in [-0.2, -0.15) is 0 Å². The zero-order valence-electron chi connectivity index (χ0n) is 19.2. The SMILES string of the molecule is CCNC(=NCCc1c[nH]c2c(CC)cccc12)N1CCN(C(=O)C2CCCO2)CC1.I. The molecule has 1 aromatic carbocycles. The second-order valence-corrected chi connectivity index (χ2v) is 8.31. The van der Waals surface area contributed by atoms with Crippen LogP contribution in [0.15, 0.2) is 29.4 Å². The van der Waals surface area contributed by atoms with Crippen LogP contribution in [0.5, 0.6) is 0 Å². The number of piperazine rings is 1. The molecule has 1 aromatic heterocycles. The molecule has 1 amide bonds. The van der Waals surface area contributed by atoms with Gasteiger partial charge in [-0.25, -0.2) is 0 Å². The Labute approximate surface area is 208 Å². The largest absolute Gasteiger partial charge is 0.368 e. The maximum absolute atomic E-state index is 12.6. The number of nitrogens with zero attached hydrogens (tertiary/aromatic N) is 3. The molecule has 0 spiro atoms. The monoisotopic (exact) mass is 553 g/mol. The zero-order chi connectivity index (χ0) is 21.6. The van der Waals surface area contributed by atoms with Crippen LogP contribution >= 0.6 is 24.0 Å². The highest BCUT2D eigenvalue weighted by Gasteiger charge is 2.30. The van der Waals surface area contributed by atoms with Gasteiger partial charge < -0.3 is 24.8 Å². The molecule has 2 saturated heterocycles.